The average molecular weight is 354 g/mol. The van der Waals surface area contributed by atoms with E-state index in [4.69, 9.17) is 0 Å². The zero-order valence-corrected chi connectivity index (χ0v) is 11.8. The first kappa shape index (κ1) is 12.5. The molecule has 0 bridgehead atoms. The number of hydrogen-bond acceptors (Lipinski definition) is 0. The normalized spacial score (nSPS) is 25.8. The van der Waals surface area contributed by atoms with Crippen molar-refractivity contribution in [1.29, 1.82) is 0 Å². The maximum atomic E-state index is 13.9. The lowest BCUT2D eigenvalue weighted by Crippen LogP contribution is -2.16. The molecule has 0 aliphatic heterocycles. The minimum Gasteiger partial charge on any atom is -0.207 e. The zero-order chi connectivity index (χ0) is 11.7. The second-order valence-corrected chi connectivity index (χ2v) is 6.37. The standard InChI is InChI=1S/C12H12Br2F2/c13-8-3-1-2-7(6-8)11-10(15)5-4-9(14)12(11)16/h4-5,7-8H,1-3,6H2. The molecule has 1 fully saturated rings. The molecule has 2 atom stereocenters. The average Bonchev–Trinajstić information content (AvgIpc) is 2.24. The summed E-state index contributed by atoms with van der Waals surface area (Å²) in [5.74, 6) is -0.866. The second kappa shape index (κ2) is 5.13. The number of alkyl halides is 1. The van der Waals surface area contributed by atoms with Crippen molar-refractivity contribution in [2.24, 2.45) is 0 Å². The van der Waals surface area contributed by atoms with E-state index < -0.39 is 11.6 Å². The van der Waals surface area contributed by atoms with Crippen LogP contribution in [0.2, 0.25) is 0 Å². The van der Waals surface area contributed by atoms with Crippen LogP contribution in [0, 0.1) is 11.6 Å². The van der Waals surface area contributed by atoms with Crippen LogP contribution in [-0.2, 0) is 0 Å². The Bertz CT molecular complexity index is 393. The smallest absolute Gasteiger partial charge is 0.143 e. The molecule has 1 aromatic carbocycles. The minimum atomic E-state index is -0.438. The number of rotatable bonds is 1. The Hall–Kier alpha value is 0.0400. The van der Waals surface area contributed by atoms with Gasteiger partial charge in [0, 0.05) is 10.4 Å². The molecule has 0 spiro atoms. The molecular weight excluding hydrogens is 342 g/mol. The van der Waals surface area contributed by atoms with Crippen LogP contribution in [0.15, 0.2) is 16.6 Å². The summed E-state index contributed by atoms with van der Waals surface area (Å²) in [5.41, 5.74) is 0.249. The number of halogens is 4. The van der Waals surface area contributed by atoms with Gasteiger partial charge in [-0.2, -0.15) is 0 Å². The first-order valence-electron chi connectivity index (χ1n) is 5.37. The highest BCUT2D eigenvalue weighted by Crippen LogP contribution is 2.39. The molecule has 0 nitrogen and oxygen atoms in total. The number of hydrogen-bond donors (Lipinski definition) is 0. The summed E-state index contributed by atoms with van der Waals surface area (Å²) in [7, 11) is 0. The van der Waals surface area contributed by atoms with Gasteiger partial charge in [0.1, 0.15) is 11.6 Å². The summed E-state index contributed by atoms with van der Waals surface area (Å²) in [6.07, 6.45) is 3.79. The van der Waals surface area contributed by atoms with Crippen molar-refractivity contribution in [3.63, 3.8) is 0 Å². The summed E-state index contributed by atoms with van der Waals surface area (Å²) in [4.78, 5) is 0.379. The van der Waals surface area contributed by atoms with Crippen LogP contribution < -0.4 is 0 Å². The Morgan fingerprint density at radius 3 is 2.62 bits per heavy atom. The van der Waals surface area contributed by atoms with Gasteiger partial charge in [-0.3, -0.25) is 0 Å². The van der Waals surface area contributed by atoms with Gasteiger partial charge in [-0.15, -0.1) is 0 Å². The monoisotopic (exact) mass is 352 g/mol. The predicted octanol–water partition coefficient (Wildman–Crippen LogP) is 5.15. The van der Waals surface area contributed by atoms with Gasteiger partial charge in [0.2, 0.25) is 0 Å². The Kier molecular flexibility index (Phi) is 4.01. The summed E-state index contributed by atoms with van der Waals surface area (Å²) in [6.45, 7) is 0. The molecule has 1 aliphatic carbocycles. The van der Waals surface area contributed by atoms with Crippen molar-refractivity contribution in [1.82, 2.24) is 0 Å². The van der Waals surface area contributed by atoms with Crippen molar-refractivity contribution < 1.29 is 8.78 Å². The molecule has 88 valence electrons. The van der Waals surface area contributed by atoms with Crippen LogP contribution >= 0.6 is 31.9 Å². The van der Waals surface area contributed by atoms with Crippen molar-refractivity contribution >= 4 is 31.9 Å². The molecule has 2 rings (SSSR count). The largest absolute Gasteiger partial charge is 0.207 e. The van der Waals surface area contributed by atoms with Gasteiger partial charge in [0.05, 0.1) is 4.47 Å². The van der Waals surface area contributed by atoms with Gasteiger partial charge >= 0.3 is 0 Å². The first-order valence-corrected chi connectivity index (χ1v) is 7.08. The first-order chi connectivity index (χ1) is 7.59. The molecule has 1 aromatic rings. The molecule has 1 saturated carbocycles. The second-order valence-electron chi connectivity index (χ2n) is 4.22. The van der Waals surface area contributed by atoms with E-state index in [9.17, 15) is 8.78 Å². The molecule has 0 aromatic heterocycles. The van der Waals surface area contributed by atoms with Crippen LogP contribution in [0.3, 0.4) is 0 Å². The van der Waals surface area contributed by atoms with Gasteiger partial charge in [0.25, 0.3) is 0 Å². The van der Waals surface area contributed by atoms with E-state index in [1.807, 2.05) is 0 Å². The van der Waals surface area contributed by atoms with Gasteiger partial charge in [-0.25, -0.2) is 8.78 Å². The van der Waals surface area contributed by atoms with E-state index in [1.165, 1.54) is 12.1 Å². The van der Waals surface area contributed by atoms with Gasteiger partial charge < -0.3 is 0 Å². The van der Waals surface area contributed by atoms with Crippen LogP contribution in [0.1, 0.15) is 37.2 Å². The Balaban J connectivity index is 2.35. The van der Waals surface area contributed by atoms with E-state index in [1.54, 1.807) is 0 Å². The quantitative estimate of drug-likeness (QED) is 0.484. The van der Waals surface area contributed by atoms with Crippen molar-refractivity contribution in [3.05, 3.63) is 33.8 Å². The minimum absolute atomic E-state index is 0.00405. The van der Waals surface area contributed by atoms with Crippen LogP contribution in [0.4, 0.5) is 8.78 Å². The Morgan fingerprint density at radius 2 is 1.94 bits per heavy atom. The Morgan fingerprint density at radius 1 is 1.19 bits per heavy atom. The maximum Gasteiger partial charge on any atom is 0.143 e. The lowest BCUT2D eigenvalue weighted by atomic mass is 9.83. The molecule has 0 N–H and O–H groups in total. The molecule has 16 heavy (non-hydrogen) atoms. The van der Waals surface area contributed by atoms with E-state index in [0.29, 0.717) is 9.30 Å². The van der Waals surface area contributed by atoms with Crippen LogP contribution in [-0.4, -0.2) is 4.83 Å². The van der Waals surface area contributed by atoms with Crippen molar-refractivity contribution in [2.75, 3.05) is 0 Å². The van der Waals surface area contributed by atoms with E-state index in [2.05, 4.69) is 31.9 Å². The molecule has 0 heterocycles. The lowest BCUT2D eigenvalue weighted by Gasteiger charge is -2.26. The summed E-state index contributed by atoms with van der Waals surface area (Å²) in [6, 6.07) is 2.75. The fraction of sp³-hybridized carbons (Fsp3) is 0.500. The summed E-state index contributed by atoms with van der Waals surface area (Å²) < 4.78 is 27.9. The maximum absolute atomic E-state index is 13.9. The fourth-order valence-corrected chi connectivity index (χ4v) is 3.43. The molecule has 1 aliphatic rings. The molecule has 0 amide bonds. The highest BCUT2D eigenvalue weighted by molar-refractivity contribution is 9.10. The van der Waals surface area contributed by atoms with Gasteiger partial charge in [0.15, 0.2) is 0 Å². The number of benzene rings is 1. The third-order valence-electron chi connectivity index (χ3n) is 3.10. The van der Waals surface area contributed by atoms with Crippen LogP contribution in [0.25, 0.3) is 0 Å². The predicted molar refractivity (Wildman–Crippen MR) is 68.0 cm³/mol. The summed E-state index contributed by atoms with van der Waals surface area (Å²) >= 11 is 6.65. The molecule has 4 heteroatoms. The van der Waals surface area contributed by atoms with Gasteiger partial charge in [-0.05, 0) is 53.2 Å². The Labute approximate surface area is 111 Å². The third-order valence-corrected chi connectivity index (χ3v) is 4.54. The van der Waals surface area contributed by atoms with Gasteiger partial charge in [-0.1, -0.05) is 22.4 Å². The molecular formula is C12H12Br2F2. The highest BCUT2D eigenvalue weighted by Gasteiger charge is 2.27. The lowest BCUT2D eigenvalue weighted by molar-refractivity contribution is 0.422. The van der Waals surface area contributed by atoms with Crippen molar-refractivity contribution in [3.8, 4) is 0 Å². The molecule has 0 saturated heterocycles. The fourth-order valence-electron chi connectivity index (χ4n) is 2.31. The zero-order valence-electron chi connectivity index (χ0n) is 8.65. The third kappa shape index (κ3) is 2.48. The van der Waals surface area contributed by atoms with E-state index in [-0.39, 0.29) is 11.5 Å². The van der Waals surface area contributed by atoms with Crippen LogP contribution in [0.5, 0.6) is 0 Å². The highest BCUT2D eigenvalue weighted by atomic mass is 79.9. The summed E-state index contributed by atoms with van der Waals surface area (Å²) in [5, 5.41) is 0. The molecule has 2 unspecified atom stereocenters. The van der Waals surface area contributed by atoms with E-state index >= 15 is 0 Å². The van der Waals surface area contributed by atoms with Crippen molar-refractivity contribution in [2.45, 2.75) is 36.4 Å². The SMILES string of the molecule is Fc1ccc(Br)c(F)c1C1CCCC(Br)C1. The van der Waals surface area contributed by atoms with E-state index in [0.717, 1.165) is 25.7 Å². The topological polar surface area (TPSA) is 0 Å². The molecule has 0 radical (unpaired) electrons.